The van der Waals surface area contributed by atoms with Crippen molar-refractivity contribution in [1.82, 2.24) is 14.9 Å². The Morgan fingerprint density at radius 3 is 2.82 bits per heavy atom. The molecular formula is C20H20ClN5OS. The molecule has 0 fully saturated rings. The van der Waals surface area contributed by atoms with E-state index in [1.54, 1.807) is 6.07 Å². The van der Waals surface area contributed by atoms with Crippen molar-refractivity contribution >= 4 is 35.0 Å². The van der Waals surface area contributed by atoms with Crippen LogP contribution >= 0.6 is 23.4 Å². The first-order valence-electron chi connectivity index (χ1n) is 9.07. The molecule has 0 radical (unpaired) electrons. The summed E-state index contributed by atoms with van der Waals surface area (Å²) in [5, 5.41) is 11.8. The van der Waals surface area contributed by atoms with Gasteiger partial charge >= 0.3 is 0 Å². The molecule has 1 aliphatic rings. The van der Waals surface area contributed by atoms with Crippen LogP contribution in [-0.4, -0.2) is 26.0 Å². The average molecular weight is 414 g/mol. The van der Waals surface area contributed by atoms with Crippen molar-refractivity contribution in [3.63, 3.8) is 0 Å². The molecule has 1 heterocycles. The molecule has 144 valence electrons. The Kier molecular flexibility index (Phi) is 5.28. The third-order valence-electron chi connectivity index (χ3n) is 4.80. The number of hydrogen-bond donors (Lipinski definition) is 2. The molecule has 0 bridgehead atoms. The van der Waals surface area contributed by atoms with Crippen LogP contribution in [0.15, 0.2) is 47.6 Å². The molecule has 4 rings (SSSR count). The van der Waals surface area contributed by atoms with E-state index < -0.39 is 0 Å². The first-order valence-corrected chi connectivity index (χ1v) is 10.3. The third-order valence-corrected chi connectivity index (χ3v) is 6.18. The van der Waals surface area contributed by atoms with E-state index in [9.17, 15) is 4.79 Å². The zero-order valence-electron chi connectivity index (χ0n) is 15.4. The van der Waals surface area contributed by atoms with Crippen LogP contribution < -0.4 is 11.2 Å². The van der Waals surface area contributed by atoms with Crippen LogP contribution in [0.1, 0.15) is 24.5 Å². The number of carbonyl (C=O) groups excluding carboxylic acids is 1. The normalized spacial score (nSPS) is 13.9. The highest BCUT2D eigenvalue weighted by molar-refractivity contribution is 8.00. The fraction of sp³-hybridized carbons (Fsp3) is 0.250. The molecule has 28 heavy (non-hydrogen) atoms. The maximum absolute atomic E-state index is 12.6. The van der Waals surface area contributed by atoms with Crippen molar-refractivity contribution in [2.45, 2.75) is 36.6 Å². The molecule has 1 aliphatic carbocycles. The summed E-state index contributed by atoms with van der Waals surface area (Å²) in [6.45, 7) is 1.82. The monoisotopic (exact) mass is 413 g/mol. The lowest BCUT2D eigenvalue weighted by Crippen LogP contribution is -2.23. The van der Waals surface area contributed by atoms with E-state index in [0.717, 1.165) is 18.5 Å². The van der Waals surface area contributed by atoms with Gasteiger partial charge in [-0.25, -0.2) is 4.68 Å². The second kappa shape index (κ2) is 7.85. The smallest absolute Gasteiger partial charge is 0.237 e. The van der Waals surface area contributed by atoms with Gasteiger partial charge in [0.15, 0.2) is 5.82 Å². The number of aromatic nitrogens is 3. The van der Waals surface area contributed by atoms with Crippen LogP contribution in [0.2, 0.25) is 5.02 Å². The summed E-state index contributed by atoms with van der Waals surface area (Å²) in [6.07, 6.45) is 3.37. The van der Waals surface area contributed by atoms with Crippen molar-refractivity contribution < 1.29 is 4.79 Å². The fourth-order valence-electron chi connectivity index (χ4n) is 3.29. The summed E-state index contributed by atoms with van der Waals surface area (Å²) >= 11 is 7.47. The molecule has 2 aromatic carbocycles. The molecule has 3 N–H and O–H groups in total. The summed E-state index contributed by atoms with van der Waals surface area (Å²) in [7, 11) is 0. The van der Waals surface area contributed by atoms with Gasteiger partial charge in [0.2, 0.25) is 11.1 Å². The van der Waals surface area contributed by atoms with Crippen molar-refractivity contribution in [1.29, 1.82) is 0 Å². The van der Waals surface area contributed by atoms with E-state index in [1.165, 1.54) is 34.0 Å². The number of thioether (sulfide) groups is 1. The summed E-state index contributed by atoms with van der Waals surface area (Å²) < 4.78 is 1.37. The molecule has 0 aliphatic heterocycles. The maximum Gasteiger partial charge on any atom is 0.237 e. The quantitative estimate of drug-likeness (QED) is 0.489. The number of anilines is 1. The highest BCUT2D eigenvalue weighted by atomic mass is 35.5. The molecule has 0 saturated heterocycles. The number of aryl methyl sites for hydroxylation is 2. The van der Waals surface area contributed by atoms with Crippen LogP contribution in [-0.2, 0) is 17.6 Å². The van der Waals surface area contributed by atoms with Crippen LogP contribution in [0.25, 0.3) is 11.4 Å². The van der Waals surface area contributed by atoms with E-state index in [1.807, 2.05) is 31.2 Å². The minimum absolute atomic E-state index is 0.106. The van der Waals surface area contributed by atoms with Crippen LogP contribution in [0, 0.1) is 0 Å². The zero-order valence-corrected chi connectivity index (χ0v) is 16.9. The topological polar surface area (TPSA) is 85.8 Å². The number of nitrogen functional groups attached to an aromatic ring is 1. The highest BCUT2D eigenvalue weighted by Gasteiger charge is 2.21. The molecular weight excluding hydrogens is 394 g/mol. The van der Waals surface area contributed by atoms with Gasteiger partial charge in [-0.15, -0.1) is 10.2 Å². The highest BCUT2D eigenvalue weighted by Crippen LogP contribution is 2.30. The van der Waals surface area contributed by atoms with E-state index in [0.29, 0.717) is 21.6 Å². The van der Waals surface area contributed by atoms with E-state index in [-0.39, 0.29) is 11.2 Å². The zero-order chi connectivity index (χ0) is 19.7. The fourth-order valence-corrected chi connectivity index (χ4v) is 4.28. The maximum atomic E-state index is 12.6. The molecule has 1 amide bonds. The number of carbonyl (C=O) groups is 1. The Hall–Kier alpha value is -2.51. The molecule has 8 heteroatoms. The summed E-state index contributed by atoms with van der Waals surface area (Å²) in [5.41, 5.74) is 4.22. The Labute approximate surface area is 172 Å². The Morgan fingerprint density at radius 2 is 2.00 bits per heavy atom. The van der Waals surface area contributed by atoms with Gasteiger partial charge in [-0.2, -0.15) is 0 Å². The van der Waals surface area contributed by atoms with Crippen molar-refractivity contribution in [3.05, 3.63) is 58.6 Å². The predicted octanol–water partition coefficient (Wildman–Crippen LogP) is 3.92. The molecule has 3 aromatic rings. The molecule has 1 atom stereocenters. The third kappa shape index (κ3) is 3.72. The van der Waals surface area contributed by atoms with Crippen molar-refractivity contribution in [3.8, 4) is 11.4 Å². The number of amides is 1. The van der Waals surface area contributed by atoms with Gasteiger partial charge in [-0.1, -0.05) is 41.6 Å². The SMILES string of the molecule is C[C@@H](Sc1nnc(-c2ccccc2Cl)n1N)C(=O)Nc1ccc2c(c1)CCC2. The van der Waals surface area contributed by atoms with Crippen LogP contribution in [0.4, 0.5) is 5.69 Å². The molecule has 1 aromatic heterocycles. The second-order valence-corrected chi connectivity index (χ2v) is 8.46. The van der Waals surface area contributed by atoms with Crippen molar-refractivity contribution in [2.75, 3.05) is 11.2 Å². The first-order chi connectivity index (χ1) is 13.5. The van der Waals surface area contributed by atoms with Gasteiger partial charge in [0.05, 0.1) is 10.3 Å². The minimum atomic E-state index is -0.390. The number of hydrogen-bond acceptors (Lipinski definition) is 5. The number of fused-ring (bicyclic) bond motifs is 1. The minimum Gasteiger partial charge on any atom is -0.335 e. The van der Waals surface area contributed by atoms with Gasteiger partial charge in [0, 0.05) is 11.3 Å². The molecule has 6 nitrogen and oxygen atoms in total. The number of rotatable bonds is 5. The molecule has 0 unspecified atom stereocenters. The average Bonchev–Trinajstić information content (AvgIpc) is 3.29. The van der Waals surface area contributed by atoms with Gasteiger partial charge < -0.3 is 11.2 Å². The largest absolute Gasteiger partial charge is 0.335 e. The summed E-state index contributed by atoms with van der Waals surface area (Å²) in [5.74, 6) is 6.50. The van der Waals surface area contributed by atoms with Gasteiger partial charge in [-0.05, 0) is 61.6 Å². The van der Waals surface area contributed by atoms with Gasteiger partial charge in [-0.3, -0.25) is 4.79 Å². The Morgan fingerprint density at radius 1 is 1.21 bits per heavy atom. The number of nitrogens with one attached hydrogen (secondary N) is 1. The lowest BCUT2D eigenvalue weighted by Gasteiger charge is -2.12. The van der Waals surface area contributed by atoms with E-state index >= 15 is 0 Å². The van der Waals surface area contributed by atoms with Crippen molar-refractivity contribution in [2.24, 2.45) is 0 Å². The lowest BCUT2D eigenvalue weighted by atomic mass is 10.1. The van der Waals surface area contributed by atoms with Gasteiger partial charge in [0.25, 0.3) is 0 Å². The standard InChI is InChI=1S/C20H20ClN5OS/c1-12(19(27)23-15-10-9-13-5-4-6-14(13)11-15)28-20-25-24-18(26(20)22)16-7-2-3-8-17(16)21/h2-3,7-12H,4-6,22H2,1H3,(H,23,27)/t12-/m1/s1. The van der Waals surface area contributed by atoms with Crippen LogP contribution in [0.5, 0.6) is 0 Å². The number of benzene rings is 2. The first kappa shape index (κ1) is 18.8. The Balaban J connectivity index is 1.46. The number of halogens is 1. The Bertz CT molecular complexity index is 1040. The predicted molar refractivity (Wildman–Crippen MR) is 113 cm³/mol. The summed E-state index contributed by atoms with van der Waals surface area (Å²) in [4.78, 5) is 12.6. The summed E-state index contributed by atoms with van der Waals surface area (Å²) in [6, 6.07) is 13.4. The van der Waals surface area contributed by atoms with Gasteiger partial charge in [0.1, 0.15) is 0 Å². The van der Waals surface area contributed by atoms with E-state index in [2.05, 4.69) is 27.6 Å². The van der Waals surface area contributed by atoms with E-state index in [4.69, 9.17) is 17.4 Å². The number of nitrogens with two attached hydrogens (primary N) is 1. The molecule has 0 spiro atoms. The van der Waals surface area contributed by atoms with Crippen LogP contribution in [0.3, 0.4) is 0 Å². The lowest BCUT2D eigenvalue weighted by molar-refractivity contribution is -0.115. The number of nitrogens with zero attached hydrogens (tertiary/aromatic N) is 3. The molecule has 0 saturated carbocycles. The second-order valence-electron chi connectivity index (χ2n) is 6.74.